The summed E-state index contributed by atoms with van der Waals surface area (Å²) in [6.07, 6.45) is 0. The van der Waals surface area contributed by atoms with E-state index in [4.69, 9.17) is 9.47 Å². The highest BCUT2D eigenvalue weighted by Gasteiger charge is 2.16. The van der Waals surface area contributed by atoms with Crippen LogP contribution in [0.2, 0.25) is 0 Å². The summed E-state index contributed by atoms with van der Waals surface area (Å²) in [7, 11) is 0. The van der Waals surface area contributed by atoms with E-state index in [0.717, 1.165) is 5.56 Å². The molecule has 0 radical (unpaired) electrons. The van der Waals surface area contributed by atoms with E-state index in [1.165, 1.54) is 24.3 Å². The molecular formula is C23H20N2O5. The Labute approximate surface area is 173 Å². The van der Waals surface area contributed by atoms with E-state index in [1.54, 1.807) is 30.3 Å². The van der Waals surface area contributed by atoms with Gasteiger partial charge in [-0.15, -0.1) is 0 Å². The maximum Gasteiger partial charge on any atom is 0.255 e. The standard InChI is InChI=1S/C23H20N2O5/c1-14-2-6-17(13-19(14)25-22(27)15-3-7-18(26)8-4-15)24-23(28)16-5-9-20-21(12-16)30-11-10-29-20/h2-9,12-13,26H,10-11H2,1H3,(H,24,28)(H,25,27). The number of rotatable bonds is 4. The van der Waals surface area contributed by atoms with Crippen LogP contribution in [0.5, 0.6) is 17.2 Å². The van der Waals surface area contributed by atoms with Gasteiger partial charge in [0, 0.05) is 22.5 Å². The monoisotopic (exact) mass is 404 g/mol. The van der Waals surface area contributed by atoms with Crippen molar-refractivity contribution in [3.63, 3.8) is 0 Å². The molecule has 1 aliphatic rings. The summed E-state index contributed by atoms with van der Waals surface area (Å²) in [6, 6.07) is 16.3. The summed E-state index contributed by atoms with van der Waals surface area (Å²) in [5.74, 6) is 0.638. The molecule has 1 heterocycles. The zero-order valence-electron chi connectivity index (χ0n) is 16.3. The SMILES string of the molecule is Cc1ccc(NC(=O)c2ccc3c(c2)OCCO3)cc1NC(=O)c1ccc(O)cc1. The average Bonchev–Trinajstić information content (AvgIpc) is 2.76. The van der Waals surface area contributed by atoms with Crippen molar-refractivity contribution in [2.75, 3.05) is 23.8 Å². The van der Waals surface area contributed by atoms with Gasteiger partial charge in [0.05, 0.1) is 0 Å². The fourth-order valence-electron chi connectivity index (χ4n) is 3.03. The summed E-state index contributed by atoms with van der Waals surface area (Å²) in [5.41, 5.74) is 2.82. The minimum atomic E-state index is -0.312. The second kappa shape index (κ2) is 8.16. The van der Waals surface area contributed by atoms with Gasteiger partial charge in [-0.05, 0) is 67.1 Å². The highest BCUT2D eigenvalue weighted by molar-refractivity contribution is 6.07. The summed E-state index contributed by atoms with van der Waals surface area (Å²) < 4.78 is 11.0. The molecule has 0 fully saturated rings. The number of benzene rings is 3. The van der Waals surface area contributed by atoms with E-state index in [-0.39, 0.29) is 17.6 Å². The highest BCUT2D eigenvalue weighted by Crippen LogP contribution is 2.31. The Morgan fingerprint density at radius 3 is 2.23 bits per heavy atom. The molecule has 0 saturated heterocycles. The van der Waals surface area contributed by atoms with E-state index in [0.29, 0.717) is 47.2 Å². The van der Waals surface area contributed by atoms with Crippen molar-refractivity contribution < 1.29 is 24.2 Å². The van der Waals surface area contributed by atoms with E-state index < -0.39 is 0 Å². The van der Waals surface area contributed by atoms with Crippen LogP contribution in [0, 0.1) is 6.92 Å². The van der Waals surface area contributed by atoms with Crippen LogP contribution in [0.3, 0.4) is 0 Å². The van der Waals surface area contributed by atoms with Gasteiger partial charge in [0.2, 0.25) is 0 Å². The lowest BCUT2D eigenvalue weighted by atomic mass is 10.1. The normalized spacial score (nSPS) is 12.2. The number of phenolic OH excluding ortho intramolecular Hbond substituents is 1. The molecule has 3 aromatic rings. The maximum absolute atomic E-state index is 12.7. The van der Waals surface area contributed by atoms with Gasteiger partial charge in [0.1, 0.15) is 19.0 Å². The second-order valence-corrected chi connectivity index (χ2v) is 6.84. The van der Waals surface area contributed by atoms with Gasteiger partial charge in [-0.2, -0.15) is 0 Å². The Kier molecular flexibility index (Phi) is 5.26. The molecule has 7 heteroatoms. The predicted molar refractivity (Wildman–Crippen MR) is 113 cm³/mol. The number of anilines is 2. The van der Waals surface area contributed by atoms with Gasteiger partial charge < -0.3 is 25.2 Å². The summed E-state index contributed by atoms with van der Waals surface area (Å²) in [5, 5.41) is 15.0. The molecule has 152 valence electrons. The number of hydrogen-bond donors (Lipinski definition) is 3. The number of carbonyl (C=O) groups excluding carboxylic acids is 2. The van der Waals surface area contributed by atoms with Crippen LogP contribution in [0.1, 0.15) is 26.3 Å². The van der Waals surface area contributed by atoms with Crippen molar-refractivity contribution in [1.82, 2.24) is 0 Å². The van der Waals surface area contributed by atoms with Crippen molar-refractivity contribution in [2.45, 2.75) is 6.92 Å². The Hall–Kier alpha value is -4.00. The van der Waals surface area contributed by atoms with Crippen LogP contribution >= 0.6 is 0 Å². The summed E-state index contributed by atoms with van der Waals surface area (Å²) in [4.78, 5) is 25.1. The maximum atomic E-state index is 12.7. The number of nitrogens with one attached hydrogen (secondary N) is 2. The number of aromatic hydroxyl groups is 1. The second-order valence-electron chi connectivity index (χ2n) is 6.84. The summed E-state index contributed by atoms with van der Waals surface area (Å²) in [6.45, 7) is 2.79. The van der Waals surface area contributed by atoms with E-state index >= 15 is 0 Å². The number of ether oxygens (including phenoxy) is 2. The van der Waals surface area contributed by atoms with Crippen LogP contribution < -0.4 is 20.1 Å². The number of hydrogen-bond acceptors (Lipinski definition) is 5. The molecule has 0 aromatic heterocycles. The van der Waals surface area contributed by atoms with Crippen molar-refractivity contribution in [3.8, 4) is 17.2 Å². The van der Waals surface area contributed by atoms with Crippen LogP contribution in [-0.2, 0) is 0 Å². The van der Waals surface area contributed by atoms with Crippen LogP contribution in [0.4, 0.5) is 11.4 Å². The number of carbonyl (C=O) groups is 2. The Bertz CT molecular complexity index is 1110. The smallest absolute Gasteiger partial charge is 0.255 e. The van der Waals surface area contributed by atoms with Gasteiger partial charge in [0.25, 0.3) is 11.8 Å². The zero-order valence-corrected chi connectivity index (χ0v) is 16.3. The number of phenols is 1. The quantitative estimate of drug-likeness (QED) is 0.611. The van der Waals surface area contributed by atoms with Gasteiger partial charge in [-0.3, -0.25) is 9.59 Å². The minimum Gasteiger partial charge on any atom is -0.508 e. The lowest BCUT2D eigenvalue weighted by Gasteiger charge is -2.18. The van der Waals surface area contributed by atoms with Crippen LogP contribution in [0.15, 0.2) is 60.7 Å². The molecule has 0 aliphatic carbocycles. The topological polar surface area (TPSA) is 96.9 Å². The third kappa shape index (κ3) is 4.20. The Balaban J connectivity index is 1.49. The first-order valence-corrected chi connectivity index (χ1v) is 9.41. The largest absolute Gasteiger partial charge is 0.508 e. The van der Waals surface area contributed by atoms with Crippen LogP contribution in [-0.4, -0.2) is 30.1 Å². The fraction of sp³-hybridized carbons (Fsp3) is 0.130. The molecule has 3 aromatic carbocycles. The zero-order chi connectivity index (χ0) is 21.1. The molecule has 3 N–H and O–H groups in total. The van der Waals surface area contributed by atoms with Gasteiger partial charge >= 0.3 is 0 Å². The van der Waals surface area contributed by atoms with E-state index in [1.807, 2.05) is 13.0 Å². The number of amides is 2. The van der Waals surface area contributed by atoms with Gasteiger partial charge in [-0.1, -0.05) is 6.07 Å². The minimum absolute atomic E-state index is 0.0894. The molecule has 0 saturated carbocycles. The molecule has 0 bridgehead atoms. The Morgan fingerprint density at radius 2 is 1.47 bits per heavy atom. The molecule has 2 amide bonds. The average molecular weight is 404 g/mol. The third-order valence-corrected chi connectivity index (χ3v) is 4.68. The fourth-order valence-corrected chi connectivity index (χ4v) is 3.03. The lowest BCUT2D eigenvalue weighted by Crippen LogP contribution is -2.17. The van der Waals surface area contributed by atoms with Crippen molar-refractivity contribution >= 4 is 23.2 Å². The molecule has 7 nitrogen and oxygen atoms in total. The molecular weight excluding hydrogens is 384 g/mol. The van der Waals surface area contributed by atoms with Crippen molar-refractivity contribution in [2.24, 2.45) is 0 Å². The summed E-state index contributed by atoms with van der Waals surface area (Å²) >= 11 is 0. The molecule has 0 atom stereocenters. The molecule has 0 unspecified atom stereocenters. The van der Waals surface area contributed by atoms with Crippen molar-refractivity contribution in [3.05, 3.63) is 77.4 Å². The van der Waals surface area contributed by atoms with E-state index in [2.05, 4.69) is 10.6 Å². The Morgan fingerprint density at radius 1 is 0.800 bits per heavy atom. The van der Waals surface area contributed by atoms with E-state index in [9.17, 15) is 14.7 Å². The first-order valence-electron chi connectivity index (χ1n) is 9.41. The first kappa shape index (κ1) is 19.3. The molecule has 30 heavy (non-hydrogen) atoms. The number of aryl methyl sites for hydroxylation is 1. The third-order valence-electron chi connectivity index (χ3n) is 4.68. The molecule has 1 aliphatic heterocycles. The molecule has 0 spiro atoms. The lowest BCUT2D eigenvalue weighted by molar-refractivity contribution is 0.101. The predicted octanol–water partition coefficient (Wildman–Crippen LogP) is 3.98. The van der Waals surface area contributed by atoms with Gasteiger partial charge in [0.15, 0.2) is 11.5 Å². The van der Waals surface area contributed by atoms with Crippen LogP contribution in [0.25, 0.3) is 0 Å². The molecule has 4 rings (SSSR count). The number of fused-ring (bicyclic) bond motifs is 1. The first-order chi connectivity index (χ1) is 14.5. The highest BCUT2D eigenvalue weighted by atomic mass is 16.6. The van der Waals surface area contributed by atoms with Gasteiger partial charge in [-0.25, -0.2) is 0 Å². The van der Waals surface area contributed by atoms with Crippen molar-refractivity contribution in [1.29, 1.82) is 0 Å².